The topological polar surface area (TPSA) is 81.2 Å². The molecule has 1 aromatic rings. The van der Waals surface area contributed by atoms with Gasteiger partial charge in [0.25, 0.3) is 0 Å². The minimum atomic E-state index is 0.258. The Morgan fingerprint density at radius 2 is 1.95 bits per heavy atom. The lowest BCUT2D eigenvalue weighted by Crippen LogP contribution is -2.30. The second-order valence-electron chi connectivity index (χ2n) is 4.56. The summed E-state index contributed by atoms with van der Waals surface area (Å²) in [6.45, 7) is 3.08. The van der Waals surface area contributed by atoms with Crippen LogP contribution in [0.4, 0.5) is 5.95 Å². The van der Waals surface area contributed by atoms with Crippen LogP contribution in [-0.2, 0) is 0 Å². The standard InChI is InChI=1S/C12H21N5O2/c1-18-11-15-10(16-12(17-11)19-2)14-7-5-9-4-3-6-13-8-9/h9,13H,3-8H2,1-2H3,(H,14,15,16,17). The molecule has 0 radical (unpaired) electrons. The monoisotopic (exact) mass is 267 g/mol. The van der Waals surface area contributed by atoms with Crippen molar-refractivity contribution in [2.45, 2.75) is 19.3 Å². The van der Waals surface area contributed by atoms with E-state index in [0.717, 1.165) is 32.0 Å². The van der Waals surface area contributed by atoms with Crippen molar-refractivity contribution < 1.29 is 9.47 Å². The first-order valence-corrected chi connectivity index (χ1v) is 6.60. The summed E-state index contributed by atoms with van der Waals surface area (Å²) in [5, 5.41) is 6.60. The first-order chi connectivity index (χ1) is 9.31. The maximum Gasteiger partial charge on any atom is 0.324 e. The van der Waals surface area contributed by atoms with Crippen molar-refractivity contribution in [2.24, 2.45) is 5.92 Å². The van der Waals surface area contributed by atoms with Crippen LogP contribution in [0.5, 0.6) is 12.0 Å². The fourth-order valence-corrected chi connectivity index (χ4v) is 2.16. The summed E-state index contributed by atoms with van der Waals surface area (Å²) in [5.74, 6) is 1.22. The van der Waals surface area contributed by atoms with Gasteiger partial charge in [-0.15, -0.1) is 4.98 Å². The van der Waals surface area contributed by atoms with Gasteiger partial charge >= 0.3 is 12.0 Å². The summed E-state index contributed by atoms with van der Waals surface area (Å²) in [4.78, 5) is 12.2. The number of hydrogen-bond donors (Lipinski definition) is 2. The van der Waals surface area contributed by atoms with Gasteiger partial charge in [0.05, 0.1) is 14.2 Å². The number of nitrogens with zero attached hydrogens (tertiary/aromatic N) is 3. The SMILES string of the molecule is COc1nc(NCCC2CCCNC2)nc(OC)n1. The molecule has 1 saturated heterocycles. The lowest BCUT2D eigenvalue weighted by molar-refractivity contribution is 0.340. The van der Waals surface area contributed by atoms with Crippen molar-refractivity contribution in [3.05, 3.63) is 0 Å². The zero-order valence-electron chi connectivity index (χ0n) is 11.5. The van der Waals surface area contributed by atoms with Crippen LogP contribution < -0.4 is 20.1 Å². The number of aromatic nitrogens is 3. The quantitative estimate of drug-likeness (QED) is 0.784. The van der Waals surface area contributed by atoms with Crippen LogP contribution in [0.2, 0.25) is 0 Å². The van der Waals surface area contributed by atoms with Gasteiger partial charge in [-0.3, -0.25) is 0 Å². The van der Waals surface area contributed by atoms with Crippen LogP contribution in [0.3, 0.4) is 0 Å². The summed E-state index contributed by atoms with van der Waals surface area (Å²) in [6, 6.07) is 0.516. The second kappa shape index (κ2) is 7.08. The Bertz CT molecular complexity index is 373. The molecule has 7 heteroatoms. The lowest BCUT2D eigenvalue weighted by atomic mass is 9.96. The van der Waals surface area contributed by atoms with Crippen LogP contribution in [0.15, 0.2) is 0 Å². The fraction of sp³-hybridized carbons (Fsp3) is 0.750. The highest BCUT2D eigenvalue weighted by molar-refractivity contribution is 5.27. The largest absolute Gasteiger partial charge is 0.467 e. The summed E-state index contributed by atoms with van der Waals surface area (Å²) in [6.07, 6.45) is 3.65. The van der Waals surface area contributed by atoms with E-state index in [2.05, 4.69) is 25.6 Å². The number of hydrogen-bond acceptors (Lipinski definition) is 7. The molecule has 1 aliphatic heterocycles. The molecule has 0 aromatic carbocycles. The molecule has 19 heavy (non-hydrogen) atoms. The highest BCUT2D eigenvalue weighted by Crippen LogP contribution is 2.15. The number of rotatable bonds is 6. The van der Waals surface area contributed by atoms with Gasteiger partial charge in [-0.1, -0.05) is 0 Å². The molecule has 2 heterocycles. The molecule has 1 aliphatic rings. The van der Waals surface area contributed by atoms with E-state index in [4.69, 9.17) is 9.47 Å². The number of anilines is 1. The van der Waals surface area contributed by atoms with Gasteiger partial charge in [-0.25, -0.2) is 0 Å². The first kappa shape index (κ1) is 13.8. The molecule has 0 aliphatic carbocycles. The van der Waals surface area contributed by atoms with E-state index in [0.29, 0.717) is 5.95 Å². The van der Waals surface area contributed by atoms with E-state index in [-0.39, 0.29) is 12.0 Å². The molecular weight excluding hydrogens is 246 g/mol. The molecule has 0 amide bonds. The van der Waals surface area contributed by atoms with E-state index in [9.17, 15) is 0 Å². The molecule has 2 N–H and O–H groups in total. The summed E-state index contributed by atoms with van der Waals surface area (Å²) in [7, 11) is 3.04. The third-order valence-corrected chi connectivity index (χ3v) is 3.19. The molecule has 1 unspecified atom stereocenters. The summed E-state index contributed by atoms with van der Waals surface area (Å²) < 4.78 is 10.0. The van der Waals surface area contributed by atoms with Gasteiger partial charge in [0, 0.05) is 6.54 Å². The van der Waals surface area contributed by atoms with Gasteiger partial charge in [0.1, 0.15) is 0 Å². The molecule has 0 spiro atoms. The molecule has 0 bridgehead atoms. The van der Waals surface area contributed by atoms with Crippen LogP contribution in [0.25, 0.3) is 0 Å². The Balaban J connectivity index is 1.84. The zero-order valence-corrected chi connectivity index (χ0v) is 11.5. The molecule has 2 rings (SSSR count). The highest BCUT2D eigenvalue weighted by Gasteiger charge is 2.13. The maximum atomic E-state index is 5.00. The highest BCUT2D eigenvalue weighted by atomic mass is 16.5. The number of ether oxygens (including phenoxy) is 2. The van der Waals surface area contributed by atoms with Gasteiger partial charge in [-0.05, 0) is 38.3 Å². The minimum absolute atomic E-state index is 0.258. The van der Waals surface area contributed by atoms with Gasteiger partial charge in [0.15, 0.2) is 0 Å². The molecule has 0 saturated carbocycles. The van der Waals surface area contributed by atoms with Crippen molar-refractivity contribution in [2.75, 3.05) is 39.2 Å². The van der Waals surface area contributed by atoms with Crippen molar-refractivity contribution >= 4 is 5.95 Å². The van der Waals surface area contributed by atoms with E-state index >= 15 is 0 Å². The van der Waals surface area contributed by atoms with Crippen molar-refractivity contribution in [3.8, 4) is 12.0 Å². The minimum Gasteiger partial charge on any atom is -0.467 e. The molecule has 1 atom stereocenters. The zero-order chi connectivity index (χ0) is 13.5. The Kier molecular flexibility index (Phi) is 5.14. The van der Waals surface area contributed by atoms with Gasteiger partial charge < -0.3 is 20.1 Å². The molecule has 1 fully saturated rings. The van der Waals surface area contributed by atoms with E-state index in [1.54, 1.807) is 0 Å². The number of methoxy groups -OCH3 is 2. The van der Waals surface area contributed by atoms with Crippen LogP contribution in [0.1, 0.15) is 19.3 Å². The average molecular weight is 267 g/mol. The predicted octanol–water partition coefficient (Wildman–Crippen LogP) is 0.690. The smallest absolute Gasteiger partial charge is 0.324 e. The Hall–Kier alpha value is -1.63. The predicted molar refractivity (Wildman–Crippen MR) is 71.6 cm³/mol. The van der Waals surface area contributed by atoms with Crippen molar-refractivity contribution in [1.29, 1.82) is 0 Å². The van der Waals surface area contributed by atoms with E-state index in [1.165, 1.54) is 27.1 Å². The molecular formula is C12H21N5O2. The first-order valence-electron chi connectivity index (χ1n) is 6.60. The Labute approximate surface area is 113 Å². The summed E-state index contributed by atoms with van der Waals surface area (Å²) in [5.41, 5.74) is 0. The van der Waals surface area contributed by atoms with Crippen LogP contribution in [0, 0.1) is 5.92 Å². The summed E-state index contributed by atoms with van der Waals surface area (Å²) >= 11 is 0. The molecule has 1 aromatic heterocycles. The molecule has 7 nitrogen and oxygen atoms in total. The van der Waals surface area contributed by atoms with Gasteiger partial charge in [0.2, 0.25) is 5.95 Å². The van der Waals surface area contributed by atoms with Gasteiger partial charge in [-0.2, -0.15) is 9.97 Å². The van der Waals surface area contributed by atoms with E-state index < -0.39 is 0 Å². The average Bonchev–Trinajstić information content (AvgIpc) is 2.48. The van der Waals surface area contributed by atoms with Crippen molar-refractivity contribution in [1.82, 2.24) is 20.3 Å². The van der Waals surface area contributed by atoms with Crippen molar-refractivity contribution in [3.63, 3.8) is 0 Å². The Morgan fingerprint density at radius 1 is 1.21 bits per heavy atom. The van der Waals surface area contributed by atoms with Crippen LogP contribution >= 0.6 is 0 Å². The Morgan fingerprint density at radius 3 is 2.53 bits per heavy atom. The number of nitrogens with one attached hydrogen (secondary N) is 2. The maximum absolute atomic E-state index is 5.00. The third kappa shape index (κ3) is 4.20. The second-order valence-corrected chi connectivity index (χ2v) is 4.56. The fourth-order valence-electron chi connectivity index (χ4n) is 2.16. The lowest BCUT2D eigenvalue weighted by Gasteiger charge is -2.22. The third-order valence-electron chi connectivity index (χ3n) is 3.19. The van der Waals surface area contributed by atoms with Crippen LogP contribution in [-0.4, -0.2) is 48.8 Å². The molecule has 106 valence electrons. The van der Waals surface area contributed by atoms with E-state index in [1.807, 2.05) is 0 Å². The number of piperidine rings is 1. The normalized spacial score (nSPS) is 18.9.